The number of para-hydroxylation sites is 1. The minimum atomic E-state index is 0.388. The molecule has 0 saturated carbocycles. The van der Waals surface area contributed by atoms with Crippen molar-refractivity contribution in [3.63, 3.8) is 0 Å². The minimum Gasteiger partial charge on any atom is -0.0612 e. The Labute approximate surface area is 80.2 Å². The molecule has 0 saturated heterocycles. The van der Waals surface area contributed by atoms with Crippen molar-refractivity contribution < 1.29 is 0 Å². The summed E-state index contributed by atoms with van der Waals surface area (Å²) < 4.78 is 0. The molecule has 0 aliphatic rings. The minimum absolute atomic E-state index is 0.388. The van der Waals surface area contributed by atoms with Crippen molar-refractivity contribution in [2.75, 3.05) is 0 Å². The second-order valence-electron chi connectivity index (χ2n) is 3.64. The number of benzene rings is 1. The van der Waals surface area contributed by atoms with Crippen molar-refractivity contribution in [3.05, 3.63) is 34.2 Å². The molecule has 68 valence electrons. The first-order chi connectivity index (χ1) is 6.11. The van der Waals surface area contributed by atoms with E-state index in [9.17, 15) is 0 Å². The third-order valence-corrected chi connectivity index (χ3v) is 1.87. The Balaban J connectivity index is 3.09. The summed E-state index contributed by atoms with van der Waals surface area (Å²) in [4.78, 5) is 4.35. The van der Waals surface area contributed by atoms with Crippen LogP contribution < -0.4 is 0 Å². The Morgan fingerprint density at radius 2 is 1.69 bits per heavy atom. The van der Waals surface area contributed by atoms with E-state index in [0.29, 0.717) is 5.92 Å². The Kier molecular flexibility index (Phi) is 3.08. The van der Waals surface area contributed by atoms with Crippen LogP contribution >= 0.6 is 0 Å². The average molecular weight is 174 g/mol. The molecule has 13 heavy (non-hydrogen) atoms. The summed E-state index contributed by atoms with van der Waals surface area (Å²) in [6.45, 7) is 8.32. The largest absolute Gasteiger partial charge is 0.345 e. The summed E-state index contributed by atoms with van der Waals surface area (Å²) >= 11 is 0. The van der Waals surface area contributed by atoms with E-state index in [-0.39, 0.29) is 0 Å². The molecular weight excluding hydrogens is 158 g/mol. The number of hydrogen-bond acceptors (Lipinski definition) is 0. The smallest absolute Gasteiger partial charge is 0.0612 e. The first-order valence-electron chi connectivity index (χ1n) is 4.63. The number of hydrogen-bond donors (Lipinski definition) is 0. The molecule has 0 bridgehead atoms. The summed E-state index contributed by atoms with van der Waals surface area (Å²) in [6, 6.07) is 9.28. The van der Waals surface area contributed by atoms with Gasteiger partial charge in [0.25, 0.3) is 6.07 Å². The highest BCUT2D eigenvalue weighted by Gasteiger charge is 2.10. The van der Waals surface area contributed by atoms with E-state index in [2.05, 4.69) is 56.8 Å². The van der Waals surface area contributed by atoms with Gasteiger partial charge in [0.15, 0.2) is 0 Å². The Morgan fingerprint density at radius 1 is 1.15 bits per heavy atom. The fraction of sp³-hybridized carbons (Fsp3) is 0.417. The predicted octanol–water partition coefficient (Wildman–Crippen LogP) is 3.92. The van der Waals surface area contributed by atoms with E-state index >= 15 is 0 Å². The molecule has 1 heteroatoms. The van der Waals surface area contributed by atoms with Gasteiger partial charge in [-0.05, 0) is 32.5 Å². The molecule has 0 atom stereocenters. The molecule has 0 N–H and O–H groups in total. The molecule has 0 amide bonds. The number of rotatable bonds is 0. The monoisotopic (exact) mass is 174 g/mol. The third-order valence-electron chi connectivity index (χ3n) is 1.87. The molecule has 1 aromatic rings. The third kappa shape index (κ3) is 2.59. The predicted molar refractivity (Wildman–Crippen MR) is 57.7 cm³/mol. The molecule has 0 aliphatic heterocycles. The van der Waals surface area contributed by atoms with Gasteiger partial charge >= 0.3 is 5.69 Å². The van der Waals surface area contributed by atoms with E-state index in [1.807, 2.05) is 0 Å². The highest BCUT2D eigenvalue weighted by molar-refractivity contribution is 5.58. The summed E-state index contributed by atoms with van der Waals surface area (Å²) in [5, 5.41) is 0. The van der Waals surface area contributed by atoms with E-state index in [0.717, 1.165) is 5.69 Å². The van der Waals surface area contributed by atoms with Crippen LogP contribution in [-0.4, -0.2) is 0 Å². The molecule has 0 unspecified atom stereocenters. The maximum atomic E-state index is 4.35. The maximum Gasteiger partial charge on any atom is 0.345 e. The summed E-state index contributed by atoms with van der Waals surface area (Å²) in [5.41, 5.74) is 3.50. The molecule has 1 aromatic carbocycles. The molecule has 0 aromatic heterocycles. The van der Waals surface area contributed by atoms with Gasteiger partial charge in [-0.1, -0.05) is 18.2 Å². The standard InChI is InChI=1S/C12H16N/c1-9(2)8-13-12-10(3)6-5-7-11(12)4/h5-7,9H,1-4H3/q+1. The van der Waals surface area contributed by atoms with Crippen molar-refractivity contribution in [2.24, 2.45) is 5.92 Å². The van der Waals surface area contributed by atoms with Crippen molar-refractivity contribution >= 4 is 5.69 Å². The van der Waals surface area contributed by atoms with Crippen molar-refractivity contribution in [1.29, 1.82) is 0 Å². The van der Waals surface area contributed by atoms with Crippen molar-refractivity contribution in [1.82, 2.24) is 0 Å². The van der Waals surface area contributed by atoms with Gasteiger partial charge in [-0.3, -0.25) is 0 Å². The van der Waals surface area contributed by atoms with Gasteiger partial charge < -0.3 is 0 Å². The average Bonchev–Trinajstić information content (AvgIpc) is 2.03. The lowest BCUT2D eigenvalue weighted by Crippen LogP contribution is -1.79. The van der Waals surface area contributed by atoms with Crippen molar-refractivity contribution in [3.8, 4) is 6.07 Å². The highest BCUT2D eigenvalue weighted by Crippen LogP contribution is 2.22. The normalized spacial score (nSPS) is 9.62. The number of nitrogens with zero attached hydrogens (tertiary/aromatic N) is 1. The van der Waals surface area contributed by atoms with E-state index in [1.165, 1.54) is 11.1 Å². The lowest BCUT2D eigenvalue weighted by molar-refractivity contribution is 0.865. The van der Waals surface area contributed by atoms with E-state index in [4.69, 9.17) is 0 Å². The molecule has 1 rings (SSSR count). The second kappa shape index (κ2) is 4.09. The van der Waals surface area contributed by atoms with Crippen LogP contribution in [0.1, 0.15) is 25.0 Å². The van der Waals surface area contributed by atoms with Crippen LogP contribution in [-0.2, 0) is 0 Å². The molecule has 1 nitrogen and oxygen atoms in total. The highest BCUT2D eigenvalue weighted by atomic mass is 14.7. The maximum absolute atomic E-state index is 4.35. The molecule has 0 heterocycles. The number of aryl methyl sites for hydroxylation is 2. The summed E-state index contributed by atoms with van der Waals surface area (Å²) in [6.07, 6.45) is 0. The zero-order valence-corrected chi connectivity index (χ0v) is 8.76. The summed E-state index contributed by atoms with van der Waals surface area (Å²) in [5.74, 6) is 0.388. The lowest BCUT2D eigenvalue weighted by Gasteiger charge is -1.91. The topological polar surface area (TPSA) is 4.36 Å². The van der Waals surface area contributed by atoms with Crippen LogP contribution in [0.4, 0.5) is 5.69 Å². The zero-order valence-electron chi connectivity index (χ0n) is 8.76. The Hall–Kier alpha value is -1.29. The first kappa shape index (κ1) is 9.80. The molecule has 0 spiro atoms. The van der Waals surface area contributed by atoms with Crippen LogP contribution in [0, 0.1) is 25.8 Å². The van der Waals surface area contributed by atoms with Gasteiger partial charge in [0.2, 0.25) is 0 Å². The van der Waals surface area contributed by atoms with Crippen LogP contribution in [0.3, 0.4) is 0 Å². The van der Waals surface area contributed by atoms with Gasteiger partial charge in [-0.15, -0.1) is 0 Å². The summed E-state index contributed by atoms with van der Waals surface area (Å²) in [7, 11) is 0. The zero-order chi connectivity index (χ0) is 9.84. The first-order valence-corrected chi connectivity index (χ1v) is 4.63. The van der Waals surface area contributed by atoms with Gasteiger partial charge in [0.1, 0.15) is 0 Å². The Morgan fingerprint density at radius 3 is 2.15 bits per heavy atom. The molecule has 0 radical (unpaired) electrons. The quantitative estimate of drug-likeness (QED) is 0.561. The molecule has 0 aliphatic carbocycles. The van der Waals surface area contributed by atoms with Gasteiger partial charge in [0.05, 0.1) is 5.92 Å². The lowest BCUT2D eigenvalue weighted by atomic mass is 10.1. The van der Waals surface area contributed by atoms with Gasteiger partial charge in [-0.2, -0.15) is 0 Å². The van der Waals surface area contributed by atoms with Crippen molar-refractivity contribution in [2.45, 2.75) is 27.7 Å². The van der Waals surface area contributed by atoms with Gasteiger partial charge in [0, 0.05) is 11.1 Å². The van der Waals surface area contributed by atoms with Crippen LogP contribution in [0.2, 0.25) is 0 Å². The van der Waals surface area contributed by atoms with E-state index < -0.39 is 0 Å². The second-order valence-corrected chi connectivity index (χ2v) is 3.64. The SMILES string of the molecule is Cc1cccc(C)c1[N+]#CC(C)C. The Bertz CT molecular complexity index is 333. The molecule has 0 fully saturated rings. The van der Waals surface area contributed by atoms with E-state index in [1.54, 1.807) is 0 Å². The fourth-order valence-electron chi connectivity index (χ4n) is 1.18. The van der Waals surface area contributed by atoms with Crippen LogP contribution in [0.25, 0.3) is 4.85 Å². The molecular formula is C12H16N+. The fourth-order valence-corrected chi connectivity index (χ4v) is 1.18. The van der Waals surface area contributed by atoms with Crippen LogP contribution in [0.5, 0.6) is 0 Å². The van der Waals surface area contributed by atoms with Gasteiger partial charge in [-0.25, -0.2) is 0 Å². The van der Waals surface area contributed by atoms with Crippen LogP contribution in [0.15, 0.2) is 18.2 Å².